The molecule has 0 bridgehead atoms. The van der Waals surface area contributed by atoms with Gasteiger partial charge in [0.05, 0.1) is 0 Å². The van der Waals surface area contributed by atoms with Crippen LogP contribution in [0.15, 0.2) is 60.7 Å². The molecule has 18 heavy (non-hydrogen) atoms. The van der Waals surface area contributed by atoms with Crippen molar-refractivity contribution in [2.75, 3.05) is 0 Å². The summed E-state index contributed by atoms with van der Waals surface area (Å²) in [6.07, 6.45) is 0. The molecular weight excluding hydrogens is 230 g/mol. The van der Waals surface area contributed by atoms with E-state index in [2.05, 4.69) is 0 Å². The van der Waals surface area contributed by atoms with Crippen LogP contribution in [0.5, 0.6) is 11.5 Å². The molecule has 0 fully saturated rings. The normalized spacial score (nSPS) is 9.61. The number of para-hydroxylation sites is 2. The van der Waals surface area contributed by atoms with E-state index >= 15 is 0 Å². The molecule has 0 N–H and O–H groups in total. The van der Waals surface area contributed by atoms with Gasteiger partial charge in [0, 0.05) is 12.2 Å². The van der Waals surface area contributed by atoms with Crippen LogP contribution in [0, 0.1) is 0 Å². The lowest BCUT2D eigenvalue weighted by atomic mass is 10.3. The van der Waals surface area contributed by atoms with Crippen molar-refractivity contribution >= 4 is 5.91 Å². The highest BCUT2D eigenvalue weighted by Gasteiger charge is 2.13. The lowest BCUT2D eigenvalue weighted by molar-refractivity contribution is -0.243. The smallest absolute Gasteiger partial charge is 0.293 e. The van der Waals surface area contributed by atoms with E-state index < -0.39 is 0 Å². The van der Waals surface area contributed by atoms with Gasteiger partial charge in [0.1, 0.15) is 0 Å². The first-order chi connectivity index (χ1) is 8.75. The molecular formula is C14H13NO3. The van der Waals surface area contributed by atoms with Crippen molar-refractivity contribution < 1.29 is 14.5 Å². The summed E-state index contributed by atoms with van der Waals surface area (Å²) in [4.78, 5) is 22.1. The molecule has 0 saturated heterocycles. The third-order valence-electron chi connectivity index (χ3n) is 2.12. The predicted octanol–water partition coefficient (Wildman–Crippen LogP) is 2.82. The minimum atomic E-state index is -0.345. The van der Waals surface area contributed by atoms with Crippen LogP contribution in [0.3, 0.4) is 0 Å². The fraction of sp³-hybridized carbons (Fsp3) is 0.0714. The van der Waals surface area contributed by atoms with Crippen LogP contribution in [0.1, 0.15) is 6.92 Å². The monoisotopic (exact) mass is 243 g/mol. The van der Waals surface area contributed by atoms with Gasteiger partial charge in [-0.15, -0.1) is 0 Å². The SMILES string of the molecule is CC(=O)N(Oc1ccccc1)Oc1ccccc1. The molecule has 0 heterocycles. The number of carbonyl (C=O) groups is 1. The number of amides is 1. The average molecular weight is 243 g/mol. The Morgan fingerprint density at radius 2 is 1.22 bits per heavy atom. The standard InChI is InChI=1S/C14H13NO3/c1-12(16)15(17-13-8-4-2-5-9-13)18-14-10-6-3-7-11-14/h2-11H,1H3. The van der Waals surface area contributed by atoms with Crippen molar-refractivity contribution in [3.8, 4) is 11.5 Å². The molecule has 0 aliphatic carbocycles. The van der Waals surface area contributed by atoms with Crippen molar-refractivity contribution in [3.63, 3.8) is 0 Å². The van der Waals surface area contributed by atoms with Crippen LogP contribution in [-0.4, -0.2) is 11.1 Å². The van der Waals surface area contributed by atoms with E-state index in [-0.39, 0.29) is 5.91 Å². The lowest BCUT2D eigenvalue weighted by Crippen LogP contribution is -2.35. The minimum absolute atomic E-state index is 0.345. The molecule has 0 radical (unpaired) electrons. The van der Waals surface area contributed by atoms with Crippen molar-refractivity contribution in [1.29, 1.82) is 0 Å². The van der Waals surface area contributed by atoms with Gasteiger partial charge >= 0.3 is 0 Å². The van der Waals surface area contributed by atoms with E-state index in [0.717, 1.165) is 5.23 Å². The van der Waals surface area contributed by atoms with Gasteiger partial charge < -0.3 is 9.68 Å². The van der Waals surface area contributed by atoms with E-state index in [1.165, 1.54) is 6.92 Å². The summed E-state index contributed by atoms with van der Waals surface area (Å²) in [6.45, 7) is 1.37. The number of hydrogen-bond acceptors (Lipinski definition) is 3. The van der Waals surface area contributed by atoms with E-state index in [1.807, 2.05) is 36.4 Å². The van der Waals surface area contributed by atoms with Gasteiger partial charge in [0.25, 0.3) is 5.91 Å². The molecule has 0 aliphatic heterocycles. The second kappa shape index (κ2) is 5.72. The third kappa shape index (κ3) is 3.25. The topological polar surface area (TPSA) is 38.8 Å². The Hall–Kier alpha value is -2.49. The van der Waals surface area contributed by atoms with Crippen LogP contribution in [0.4, 0.5) is 0 Å². The zero-order valence-electron chi connectivity index (χ0n) is 9.95. The summed E-state index contributed by atoms with van der Waals surface area (Å²) >= 11 is 0. The third-order valence-corrected chi connectivity index (χ3v) is 2.12. The predicted molar refractivity (Wildman–Crippen MR) is 66.7 cm³/mol. The fourth-order valence-electron chi connectivity index (χ4n) is 1.30. The number of benzene rings is 2. The van der Waals surface area contributed by atoms with Gasteiger partial charge in [-0.3, -0.25) is 4.79 Å². The van der Waals surface area contributed by atoms with Crippen LogP contribution in [0.2, 0.25) is 0 Å². The molecule has 0 atom stereocenters. The summed E-state index contributed by atoms with van der Waals surface area (Å²) in [6, 6.07) is 18.0. The highest BCUT2D eigenvalue weighted by Crippen LogP contribution is 2.14. The van der Waals surface area contributed by atoms with Gasteiger partial charge in [-0.2, -0.15) is 0 Å². The Labute approximate surface area is 105 Å². The van der Waals surface area contributed by atoms with Gasteiger partial charge in [-0.1, -0.05) is 36.4 Å². The molecule has 1 amide bonds. The van der Waals surface area contributed by atoms with Gasteiger partial charge in [0.2, 0.25) is 0 Å². The molecule has 92 valence electrons. The Kier molecular flexibility index (Phi) is 3.81. The largest absolute Gasteiger partial charge is 0.343 e. The molecule has 2 rings (SSSR count). The van der Waals surface area contributed by atoms with Crippen molar-refractivity contribution in [2.45, 2.75) is 6.92 Å². The summed E-state index contributed by atoms with van der Waals surface area (Å²) in [5, 5.41) is 0.852. The summed E-state index contributed by atoms with van der Waals surface area (Å²) in [7, 11) is 0. The Bertz CT molecular complexity index is 457. The molecule has 0 unspecified atom stereocenters. The second-order valence-corrected chi connectivity index (χ2v) is 3.58. The number of hydrogen-bond donors (Lipinski definition) is 0. The quantitative estimate of drug-likeness (QED) is 0.775. The molecule has 0 aromatic heterocycles. The van der Waals surface area contributed by atoms with E-state index in [9.17, 15) is 4.79 Å². The first-order valence-electron chi connectivity index (χ1n) is 5.52. The first kappa shape index (κ1) is 12.0. The van der Waals surface area contributed by atoms with E-state index in [4.69, 9.17) is 9.68 Å². The van der Waals surface area contributed by atoms with Crippen molar-refractivity contribution in [1.82, 2.24) is 5.23 Å². The van der Waals surface area contributed by atoms with Crippen LogP contribution >= 0.6 is 0 Å². The highest BCUT2D eigenvalue weighted by molar-refractivity contribution is 5.71. The van der Waals surface area contributed by atoms with Crippen molar-refractivity contribution in [2.24, 2.45) is 0 Å². The zero-order chi connectivity index (χ0) is 12.8. The van der Waals surface area contributed by atoms with Crippen molar-refractivity contribution in [3.05, 3.63) is 60.7 Å². The van der Waals surface area contributed by atoms with Crippen LogP contribution < -0.4 is 9.68 Å². The van der Waals surface area contributed by atoms with Gasteiger partial charge in [-0.05, 0) is 24.3 Å². The minimum Gasteiger partial charge on any atom is -0.343 e. The van der Waals surface area contributed by atoms with E-state index in [0.29, 0.717) is 11.5 Å². The number of carbonyl (C=O) groups excluding carboxylic acids is 1. The number of hydroxylamine groups is 2. The highest BCUT2D eigenvalue weighted by atomic mass is 17.0. The molecule has 4 heteroatoms. The van der Waals surface area contributed by atoms with Gasteiger partial charge in [-0.25, -0.2) is 0 Å². The van der Waals surface area contributed by atoms with Crippen LogP contribution in [-0.2, 0) is 4.79 Å². The summed E-state index contributed by atoms with van der Waals surface area (Å²) in [5.41, 5.74) is 0. The number of rotatable bonds is 4. The molecule has 4 nitrogen and oxygen atoms in total. The summed E-state index contributed by atoms with van der Waals surface area (Å²) < 4.78 is 0. The Morgan fingerprint density at radius 1 is 0.833 bits per heavy atom. The van der Waals surface area contributed by atoms with E-state index in [1.54, 1.807) is 24.3 Å². The number of nitrogens with zero attached hydrogens (tertiary/aromatic N) is 1. The molecule has 0 spiro atoms. The maximum atomic E-state index is 11.4. The Morgan fingerprint density at radius 3 is 1.56 bits per heavy atom. The van der Waals surface area contributed by atoms with Gasteiger partial charge in [0.15, 0.2) is 11.5 Å². The zero-order valence-corrected chi connectivity index (χ0v) is 9.95. The second-order valence-electron chi connectivity index (χ2n) is 3.58. The Balaban J connectivity index is 2.08. The maximum Gasteiger partial charge on any atom is 0.293 e. The summed E-state index contributed by atoms with van der Waals surface area (Å²) in [5.74, 6) is 0.718. The average Bonchev–Trinajstić information content (AvgIpc) is 2.40. The lowest BCUT2D eigenvalue weighted by Gasteiger charge is -2.19. The molecule has 2 aromatic rings. The molecule has 2 aromatic carbocycles. The molecule has 0 saturated carbocycles. The first-order valence-corrected chi connectivity index (χ1v) is 5.52. The fourth-order valence-corrected chi connectivity index (χ4v) is 1.30. The van der Waals surface area contributed by atoms with Crippen LogP contribution in [0.25, 0.3) is 0 Å². The maximum absolute atomic E-state index is 11.4. The molecule has 0 aliphatic rings.